The Bertz CT molecular complexity index is 247. The van der Waals surface area contributed by atoms with Gasteiger partial charge in [-0.15, -0.1) is 0 Å². The number of aliphatic hydroxyl groups is 1. The van der Waals surface area contributed by atoms with Gasteiger partial charge in [0.05, 0.1) is 13.2 Å². The van der Waals surface area contributed by atoms with Gasteiger partial charge < -0.3 is 14.7 Å². The molecule has 0 aliphatic carbocycles. The van der Waals surface area contributed by atoms with E-state index in [-0.39, 0.29) is 24.8 Å². The van der Waals surface area contributed by atoms with E-state index in [4.69, 9.17) is 9.84 Å². The van der Waals surface area contributed by atoms with Gasteiger partial charge in [-0.1, -0.05) is 0 Å². The molecule has 86 valence electrons. The fourth-order valence-electron chi connectivity index (χ4n) is 2.35. The first-order valence-electron chi connectivity index (χ1n) is 5.47. The molecule has 0 aromatic carbocycles. The number of aliphatic hydroxyl groups excluding tert-OH is 1. The number of likely N-dealkylation sites (N-methyl/N-ethyl adjacent to an activating group) is 1. The Labute approximate surface area is 89.6 Å². The summed E-state index contributed by atoms with van der Waals surface area (Å²) in [5.74, 6) is 0. The molecule has 0 saturated carbocycles. The van der Waals surface area contributed by atoms with Crippen molar-refractivity contribution >= 4 is 6.09 Å². The molecule has 0 aromatic rings. The normalized spacial score (nSPS) is 32.4. The summed E-state index contributed by atoms with van der Waals surface area (Å²) in [7, 11) is 1.75. The van der Waals surface area contributed by atoms with E-state index in [1.54, 1.807) is 11.9 Å². The molecule has 15 heavy (non-hydrogen) atoms. The van der Waals surface area contributed by atoms with E-state index in [0.717, 1.165) is 25.9 Å². The molecule has 2 rings (SSSR count). The zero-order valence-corrected chi connectivity index (χ0v) is 9.06. The molecule has 2 saturated heterocycles. The molecule has 1 amide bonds. The van der Waals surface area contributed by atoms with Crippen LogP contribution in [0.1, 0.15) is 12.8 Å². The van der Waals surface area contributed by atoms with Gasteiger partial charge in [0.2, 0.25) is 0 Å². The standard InChI is InChI=1S/C10H18N2O3/c1-11-5-9(15-10(11)14)6-12-4-2-3-8(12)7-13/h8-9,13H,2-7H2,1H3/t8-,9-/m1/s1. The van der Waals surface area contributed by atoms with Crippen LogP contribution in [0.2, 0.25) is 0 Å². The third-order valence-corrected chi connectivity index (χ3v) is 3.20. The van der Waals surface area contributed by atoms with Gasteiger partial charge in [-0.05, 0) is 19.4 Å². The van der Waals surface area contributed by atoms with Crippen LogP contribution in [0.5, 0.6) is 0 Å². The second-order valence-electron chi connectivity index (χ2n) is 4.36. The highest BCUT2D eigenvalue weighted by molar-refractivity contribution is 5.69. The molecule has 0 radical (unpaired) electrons. The minimum absolute atomic E-state index is 0.0327. The lowest BCUT2D eigenvalue weighted by Crippen LogP contribution is -2.39. The maximum atomic E-state index is 11.1. The van der Waals surface area contributed by atoms with Gasteiger partial charge in [-0.25, -0.2) is 4.79 Å². The minimum atomic E-state index is -0.236. The Morgan fingerprint density at radius 3 is 3.00 bits per heavy atom. The van der Waals surface area contributed by atoms with Crippen molar-refractivity contribution in [2.24, 2.45) is 0 Å². The number of cyclic esters (lactones) is 1. The fourth-order valence-corrected chi connectivity index (χ4v) is 2.35. The second-order valence-corrected chi connectivity index (χ2v) is 4.36. The highest BCUT2D eigenvalue weighted by Crippen LogP contribution is 2.19. The summed E-state index contributed by atoms with van der Waals surface area (Å²) in [6.07, 6.45) is 1.91. The van der Waals surface area contributed by atoms with Crippen LogP contribution in [-0.4, -0.2) is 66.4 Å². The maximum absolute atomic E-state index is 11.1. The molecule has 5 nitrogen and oxygen atoms in total. The lowest BCUT2D eigenvalue weighted by Gasteiger charge is -2.24. The molecule has 2 heterocycles. The van der Waals surface area contributed by atoms with Gasteiger partial charge in [0.25, 0.3) is 0 Å². The number of carbonyl (C=O) groups excluding carboxylic acids is 1. The zero-order chi connectivity index (χ0) is 10.8. The third kappa shape index (κ3) is 2.23. The number of amides is 1. The Kier molecular flexibility index (Phi) is 3.11. The van der Waals surface area contributed by atoms with Gasteiger partial charge in [0.15, 0.2) is 0 Å². The molecule has 2 aliphatic heterocycles. The van der Waals surface area contributed by atoms with Crippen molar-refractivity contribution in [1.82, 2.24) is 9.80 Å². The van der Waals surface area contributed by atoms with E-state index in [0.29, 0.717) is 6.54 Å². The molecule has 2 aliphatic rings. The Hall–Kier alpha value is -0.810. The van der Waals surface area contributed by atoms with Crippen LogP contribution in [0.25, 0.3) is 0 Å². The predicted molar refractivity (Wildman–Crippen MR) is 54.6 cm³/mol. The van der Waals surface area contributed by atoms with Crippen LogP contribution < -0.4 is 0 Å². The van der Waals surface area contributed by atoms with E-state index >= 15 is 0 Å². The largest absolute Gasteiger partial charge is 0.443 e. The van der Waals surface area contributed by atoms with Gasteiger partial charge in [0.1, 0.15) is 6.10 Å². The van der Waals surface area contributed by atoms with E-state index in [9.17, 15) is 4.79 Å². The topological polar surface area (TPSA) is 53.0 Å². The van der Waals surface area contributed by atoms with Crippen molar-refractivity contribution in [2.75, 3.05) is 33.3 Å². The summed E-state index contributed by atoms with van der Waals surface area (Å²) in [5, 5.41) is 9.15. The van der Waals surface area contributed by atoms with Gasteiger partial charge in [-0.2, -0.15) is 0 Å². The minimum Gasteiger partial charge on any atom is -0.443 e. The Morgan fingerprint density at radius 2 is 2.40 bits per heavy atom. The van der Waals surface area contributed by atoms with Crippen LogP contribution in [0, 0.1) is 0 Å². The van der Waals surface area contributed by atoms with Crippen LogP contribution >= 0.6 is 0 Å². The molecule has 1 N–H and O–H groups in total. The molecular weight excluding hydrogens is 196 g/mol. The molecular formula is C10H18N2O3. The van der Waals surface area contributed by atoms with E-state index in [2.05, 4.69) is 4.90 Å². The quantitative estimate of drug-likeness (QED) is 0.712. The van der Waals surface area contributed by atoms with Crippen LogP contribution in [0.4, 0.5) is 4.79 Å². The molecule has 0 bridgehead atoms. The van der Waals surface area contributed by atoms with Gasteiger partial charge in [-0.3, -0.25) is 4.90 Å². The third-order valence-electron chi connectivity index (χ3n) is 3.20. The smallest absolute Gasteiger partial charge is 0.410 e. The van der Waals surface area contributed by atoms with Gasteiger partial charge in [0, 0.05) is 19.6 Å². The van der Waals surface area contributed by atoms with Crippen LogP contribution in [-0.2, 0) is 4.74 Å². The highest BCUT2D eigenvalue weighted by atomic mass is 16.6. The molecule has 5 heteroatoms. The summed E-state index contributed by atoms with van der Waals surface area (Å²) >= 11 is 0. The Balaban J connectivity index is 1.84. The average Bonchev–Trinajstić information content (AvgIpc) is 2.75. The summed E-state index contributed by atoms with van der Waals surface area (Å²) in [6, 6.07) is 0.259. The van der Waals surface area contributed by atoms with E-state index < -0.39 is 0 Å². The first-order valence-corrected chi connectivity index (χ1v) is 5.47. The number of hydrogen-bond donors (Lipinski definition) is 1. The van der Waals surface area contributed by atoms with Crippen molar-refractivity contribution in [1.29, 1.82) is 0 Å². The number of likely N-dealkylation sites (tertiary alicyclic amines) is 1. The van der Waals surface area contributed by atoms with E-state index in [1.165, 1.54) is 0 Å². The highest BCUT2D eigenvalue weighted by Gasteiger charge is 2.33. The number of carbonyl (C=O) groups is 1. The SMILES string of the molecule is CN1C[C@H](CN2CCC[C@@H]2CO)OC1=O. The summed E-state index contributed by atoms with van der Waals surface area (Å²) < 4.78 is 5.19. The summed E-state index contributed by atoms with van der Waals surface area (Å²) in [5.41, 5.74) is 0. The van der Waals surface area contributed by atoms with Crippen molar-refractivity contribution in [3.63, 3.8) is 0 Å². The average molecular weight is 214 g/mol. The monoisotopic (exact) mass is 214 g/mol. The molecule has 0 aromatic heterocycles. The number of ether oxygens (including phenoxy) is 1. The van der Waals surface area contributed by atoms with E-state index in [1.807, 2.05) is 0 Å². The molecule has 0 spiro atoms. The maximum Gasteiger partial charge on any atom is 0.410 e. The predicted octanol–water partition coefficient (Wildman–Crippen LogP) is -0.106. The molecule has 0 unspecified atom stereocenters. The van der Waals surface area contributed by atoms with Crippen LogP contribution in [0.3, 0.4) is 0 Å². The lowest BCUT2D eigenvalue weighted by atomic mass is 10.2. The van der Waals surface area contributed by atoms with Crippen molar-refractivity contribution in [2.45, 2.75) is 25.0 Å². The molecule has 2 atom stereocenters. The summed E-state index contributed by atoms with van der Waals surface area (Å²) in [4.78, 5) is 15.0. The lowest BCUT2D eigenvalue weighted by molar-refractivity contribution is 0.0874. The number of hydrogen-bond acceptors (Lipinski definition) is 4. The summed E-state index contributed by atoms with van der Waals surface area (Å²) in [6.45, 7) is 2.62. The fraction of sp³-hybridized carbons (Fsp3) is 0.900. The first kappa shape index (κ1) is 10.7. The van der Waals surface area contributed by atoms with Gasteiger partial charge >= 0.3 is 6.09 Å². The van der Waals surface area contributed by atoms with Crippen molar-refractivity contribution in [3.05, 3.63) is 0 Å². The first-order chi connectivity index (χ1) is 7.20. The van der Waals surface area contributed by atoms with Crippen molar-refractivity contribution in [3.8, 4) is 0 Å². The zero-order valence-electron chi connectivity index (χ0n) is 9.06. The Morgan fingerprint density at radius 1 is 1.60 bits per heavy atom. The number of nitrogens with zero attached hydrogens (tertiary/aromatic N) is 2. The molecule has 2 fully saturated rings. The van der Waals surface area contributed by atoms with Crippen molar-refractivity contribution < 1.29 is 14.6 Å². The van der Waals surface area contributed by atoms with Crippen LogP contribution in [0.15, 0.2) is 0 Å². The second kappa shape index (κ2) is 4.37. The number of rotatable bonds is 3.